The topological polar surface area (TPSA) is 84.5 Å². The molecule has 31 heavy (non-hydrogen) atoms. The van der Waals surface area contributed by atoms with E-state index in [1.54, 1.807) is 36.4 Å². The van der Waals surface area contributed by atoms with Gasteiger partial charge in [-0.15, -0.1) is 0 Å². The van der Waals surface area contributed by atoms with Crippen LogP contribution in [-0.4, -0.2) is 24.4 Å². The van der Waals surface area contributed by atoms with E-state index in [2.05, 4.69) is 10.6 Å². The average Bonchev–Trinajstić information content (AvgIpc) is 2.80. The highest BCUT2D eigenvalue weighted by Gasteiger charge is 2.20. The predicted octanol–water partition coefficient (Wildman–Crippen LogP) is 4.04. The quantitative estimate of drug-likeness (QED) is 0.543. The molecule has 158 valence electrons. The zero-order chi connectivity index (χ0) is 22.1. The Morgan fingerprint density at radius 2 is 1.45 bits per heavy atom. The summed E-state index contributed by atoms with van der Waals surface area (Å²) in [5, 5.41) is 5.55. The molecule has 1 unspecified atom stereocenters. The third kappa shape index (κ3) is 6.82. The zero-order valence-electron chi connectivity index (χ0n) is 17.2. The first-order chi connectivity index (χ1) is 15.0. The van der Waals surface area contributed by atoms with Gasteiger partial charge < -0.3 is 15.4 Å². The van der Waals surface area contributed by atoms with Crippen molar-refractivity contribution in [2.24, 2.45) is 0 Å². The van der Waals surface area contributed by atoms with Crippen LogP contribution in [0.2, 0.25) is 0 Å². The molecular weight excluding hydrogens is 392 g/mol. The molecule has 0 aliphatic heterocycles. The summed E-state index contributed by atoms with van der Waals surface area (Å²) in [4.78, 5) is 37.0. The lowest BCUT2D eigenvalue weighted by atomic mass is 10.0. The number of ether oxygens (including phenoxy) is 1. The SMILES string of the molecule is Cc1ccc(NC(=O)COC(=O)CC(NC(=O)c2ccccc2)c2ccccc2)cc1. The number of hydrogen-bond donors (Lipinski definition) is 2. The van der Waals surface area contributed by atoms with Crippen molar-refractivity contribution in [1.82, 2.24) is 5.32 Å². The second-order valence-corrected chi connectivity index (χ2v) is 7.08. The number of carbonyl (C=O) groups excluding carboxylic acids is 3. The van der Waals surface area contributed by atoms with Crippen molar-refractivity contribution in [3.63, 3.8) is 0 Å². The fraction of sp³-hybridized carbons (Fsp3) is 0.160. The van der Waals surface area contributed by atoms with Gasteiger partial charge in [-0.2, -0.15) is 0 Å². The molecule has 0 spiro atoms. The van der Waals surface area contributed by atoms with Crippen molar-refractivity contribution in [3.05, 3.63) is 102 Å². The molecule has 0 radical (unpaired) electrons. The third-order valence-electron chi connectivity index (χ3n) is 4.61. The van der Waals surface area contributed by atoms with Crippen molar-refractivity contribution in [2.75, 3.05) is 11.9 Å². The van der Waals surface area contributed by atoms with Crippen molar-refractivity contribution < 1.29 is 19.1 Å². The minimum absolute atomic E-state index is 0.0968. The minimum Gasteiger partial charge on any atom is -0.455 e. The molecule has 0 saturated carbocycles. The van der Waals surface area contributed by atoms with Gasteiger partial charge >= 0.3 is 5.97 Å². The number of aryl methyl sites for hydroxylation is 1. The standard InChI is InChI=1S/C25H24N2O4/c1-18-12-14-21(15-13-18)26-23(28)17-31-24(29)16-22(19-8-4-2-5-9-19)27-25(30)20-10-6-3-7-11-20/h2-15,22H,16-17H2,1H3,(H,26,28)(H,27,30). The summed E-state index contributed by atoms with van der Waals surface area (Å²) in [7, 11) is 0. The molecule has 0 bridgehead atoms. The smallest absolute Gasteiger partial charge is 0.308 e. The number of amides is 2. The maximum Gasteiger partial charge on any atom is 0.308 e. The van der Waals surface area contributed by atoms with Gasteiger partial charge in [0.25, 0.3) is 11.8 Å². The summed E-state index contributed by atoms with van der Waals surface area (Å²) in [6.45, 7) is 1.55. The Kier molecular flexibility index (Phi) is 7.54. The van der Waals surface area contributed by atoms with E-state index in [1.165, 1.54) is 0 Å². The molecule has 2 amide bonds. The monoisotopic (exact) mass is 416 g/mol. The zero-order valence-corrected chi connectivity index (χ0v) is 17.2. The van der Waals surface area contributed by atoms with Crippen molar-refractivity contribution in [2.45, 2.75) is 19.4 Å². The van der Waals surface area contributed by atoms with E-state index >= 15 is 0 Å². The molecule has 6 nitrogen and oxygen atoms in total. The first-order valence-electron chi connectivity index (χ1n) is 9.94. The molecule has 3 aromatic rings. The van der Waals surface area contributed by atoms with Gasteiger partial charge in [0, 0.05) is 11.3 Å². The third-order valence-corrected chi connectivity index (χ3v) is 4.61. The molecule has 1 atom stereocenters. The molecule has 2 N–H and O–H groups in total. The van der Waals surface area contributed by atoms with Gasteiger partial charge in [0.1, 0.15) is 0 Å². The average molecular weight is 416 g/mol. The van der Waals surface area contributed by atoms with Crippen LogP contribution in [0, 0.1) is 6.92 Å². The Labute approximate surface area is 181 Å². The highest BCUT2D eigenvalue weighted by atomic mass is 16.5. The Morgan fingerprint density at radius 1 is 0.839 bits per heavy atom. The fourth-order valence-corrected chi connectivity index (χ4v) is 2.97. The lowest BCUT2D eigenvalue weighted by Gasteiger charge is -2.19. The van der Waals surface area contributed by atoms with Crippen LogP contribution in [0.1, 0.15) is 33.9 Å². The Morgan fingerprint density at radius 3 is 2.10 bits per heavy atom. The first kappa shape index (κ1) is 21.8. The van der Waals surface area contributed by atoms with E-state index in [-0.39, 0.29) is 12.3 Å². The van der Waals surface area contributed by atoms with Crippen LogP contribution >= 0.6 is 0 Å². The van der Waals surface area contributed by atoms with Crippen LogP contribution in [0.15, 0.2) is 84.9 Å². The van der Waals surface area contributed by atoms with E-state index in [1.807, 2.05) is 55.5 Å². The largest absolute Gasteiger partial charge is 0.455 e. The van der Waals surface area contributed by atoms with Crippen LogP contribution in [0.25, 0.3) is 0 Å². The molecular formula is C25H24N2O4. The molecule has 6 heteroatoms. The number of carbonyl (C=O) groups is 3. The lowest BCUT2D eigenvalue weighted by Crippen LogP contribution is -2.31. The van der Waals surface area contributed by atoms with E-state index in [4.69, 9.17) is 4.74 Å². The molecule has 3 rings (SSSR count). The van der Waals surface area contributed by atoms with Gasteiger partial charge in [0.05, 0.1) is 12.5 Å². The van der Waals surface area contributed by atoms with Crippen molar-refractivity contribution in [3.8, 4) is 0 Å². The molecule has 0 heterocycles. The summed E-state index contributed by atoms with van der Waals surface area (Å²) < 4.78 is 5.14. The Hall–Kier alpha value is -3.93. The summed E-state index contributed by atoms with van der Waals surface area (Å²) in [6, 6.07) is 24.7. The number of hydrogen-bond acceptors (Lipinski definition) is 4. The van der Waals surface area contributed by atoms with Gasteiger partial charge in [-0.3, -0.25) is 14.4 Å². The van der Waals surface area contributed by atoms with Gasteiger partial charge in [-0.25, -0.2) is 0 Å². The highest BCUT2D eigenvalue weighted by molar-refractivity contribution is 5.95. The summed E-state index contributed by atoms with van der Waals surface area (Å²) in [6.07, 6.45) is -0.0968. The van der Waals surface area contributed by atoms with E-state index in [0.29, 0.717) is 11.3 Å². The van der Waals surface area contributed by atoms with E-state index in [0.717, 1.165) is 11.1 Å². The van der Waals surface area contributed by atoms with Gasteiger partial charge in [-0.1, -0.05) is 66.2 Å². The number of nitrogens with one attached hydrogen (secondary N) is 2. The number of anilines is 1. The second kappa shape index (κ2) is 10.7. The molecule has 0 aromatic heterocycles. The van der Waals surface area contributed by atoms with Crippen molar-refractivity contribution >= 4 is 23.5 Å². The lowest BCUT2D eigenvalue weighted by molar-refractivity contribution is -0.147. The Bertz CT molecular complexity index is 1020. The van der Waals surface area contributed by atoms with Crippen LogP contribution in [0.5, 0.6) is 0 Å². The molecule has 0 aliphatic rings. The van der Waals surface area contributed by atoms with Crippen molar-refractivity contribution in [1.29, 1.82) is 0 Å². The first-order valence-corrected chi connectivity index (χ1v) is 9.94. The summed E-state index contributed by atoms with van der Waals surface area (Å²) >= 11 is 0. The molecule has 0 saturated heterocycles. The number of esters is 1. The predicted molar refractivity (Wildman–Crippen MR) is 118 cm³/mol. The minimum atomic E-state index is -0.582. The summed E-state index contributed by atoms with van der Waals surface area (Å²) in [5.41, 5.74) is 2.97. The van der Waals surface area contributed by atoms with Crippen LogP contribution in [-0.2, 0) is 14.3 Å². The van der Waals surface area contributed by atoms with Crippen LogP contribution in [0.4, 0.5) is 5.69 Å². The second-order valence-electron chi connectivity index (χ2n) is 7.08. The maximum atomic E-state index is 12.6. The van der Waals surface area contributed by atoms with Crippen LogP contribution < -0.4 is 10.6 Å². The normalized spacial score (nSPS) is 11.3. The fourth-order valence-electron chi connectivity index (χ4n) is 2.97. The number of rotatable bonds is 8. The van der Waals surface area contributed by atoms with E-state index < -0.39 is 24.5 Å². The molecule has 0 aliphatic carbocycles. The maximum absolute atomic E-state index is 12.6. The molecule has 3 aromatic carbocycles. The summed E-state index contributed by atoms with van der Waals surface area (Å²) in [5.74, 6) is -1.30. The van der Waals surface area contributed by atoms with Crippen LogP contribution in [0.3, 0.4) is 0 Å². The Balaban J connectivity index is 1.58. The highest BCUT2D eigenvalue weighted by Crippen LogP contribution is 2.18. The van der Waals surface area contributed by atoms with Gasteiger partial charge in [-0.05, 0) is 36.8 Å². The van der Waals surface area contributed by atoms with Gasteiger partial charge in [0.15, 0.2) is 6.61 Å². The van der Waals surface area contributed by atoms with Gasteiger partial charge in [0.2, 0.25) is 0 Å². The van der Waals surface area contributed by atoms with E-state index in [9.17, 15) is 14.4 Å². The number of benzene rings is 3. The molecule has 0 fully saturated rings.